The van der Waals surface area contributed by atoms with E-state index in [1.54, 1.807) is 19.1 Å². The van der Waals surface area contributed by atoms with Gasteiger partial charge in [-0.25, -0.2) is 0 Å². The summed E-state index contributed by atoms with van der Waals surface area (Å²) in [5.74, 6) is -0.743. The first-order chi connectivity index (χ1) is 10.3. The molecule has 3 atom stereocenters. The summed E-state index contributed by atoms with van der Waals surface area (Å²) < 4.78 is 5.07. The first-order valence-corrected chi connectivity index (χ1v) is 7.41. The minimum atomic E-state index is -1.52. The average Bonchev–Trinajstić information content (AvgIpc) is 3.05. The molecule has 3 aliphatic carbocycles. The van der Waals surface area contributed by atoms with E-state index in [4.69, 9.17) is 4.74 Å². The second-order valence-electron chi connectivity index (χ2n) is 6.55. The smallest absolute Gasteiger partial charge is 0.302 e. The number of carbonyl (C=O) groups excluding carboxylic acids is 2. The third-order valence-electron chi connectivity index (χ3n) is 5.35. The number of allylic oxidation sites excluding steroid dienone is 2. The highest BCUT2D eigenvalue weighted by Crippen LogP contribution is 2.68. The molecule has 1 saturated carbocycles. The number of hydrogen-bond donors (Lipinski definition) is 2. The van der Waals surface area contributed by atoms with Crippen LogP contribution in [0.15, 0.2) is 34.4 Å². The van der Waals surface area contributed by atoms with Crippen molar-refractivity contribution in [3.63, 3.8) is 0 Å². The van der Waals surface area contributed by atoms with Crippen molar-refractivity contribution in [1.29, 1.82) is 0 Å². The molecule has 118 valence electrons. The first kappa shape index (κ1) is 15.2. The Morgan fingerprint density at radius 3 is 2.73 bits per heavy atom. The molecule has 5 nitrogen and oxygen atoms in total. The maximum atomic E-state index is 12.7. The summed E-state index contributed by atoms with van der Waals surface area (Å²) in [6, 6.07) is 0. The number of fused-ring (bicyclic) bond motifs is 1. The lowest BCUT2D eigenvalue weighted by molar-refractivity contribution is -0.143. The molecular formula is C17H20O5. The van der Waals surface area contributed by atoms with Crippen LogP contribution in [0.2, 0.25) is 0 Å². The quantitative estimate of drug-likeness (QED) is 0.762. The number of ketones is 1. The zero-order valence-electron chi connectivity index (χ0n) is 13.0. The molecule has 0 saturated heterocycles. The highest BCUT2D eigenvalue weighted by molar-refractivity contribution is 6.10. The summed E-state index contributed by atoms with van der Waals surface area (Å²) in [6.45, 7) is 4.87. The molecule has 3 aliphatic rings. The van der Waals surface area contributed by atoms with Crippen molar-refractivity contribution in [2.75, 3.05) is 13.2 Å². The Hall–Kier alpha value is -1.72. The molecule has 0 bridgehead atoms. The number of aliphatic hydroxyl groups is 2. The molecule has 0 heterocycles. The number of hydrogen-bond acceptors (Lipinski definition) is 5. The predicted molar refractivity (Wildman–Crippen MR) is 78.8 cm³/mol. The lowest BCUT2D eigenvalue weighted by Gasteiger charge is -2.39. The fourth-order valence-corrected chi connectivity index (χ4v) is 4.03. The summed E-state index contributed by atoms with van der Waals surface area (Å²) in [6.07, 6.45) is 4.07. The molecule has 0 amide bonds. The third-order valence-corrected chi connectivity index (χ3v) is 5.35. The van der Waals surface area contributed by atoms with Crippen molar-refractivity contribution in [3.8, 4) is 0 Å². The van der Waals surface area contributed by atoms with E-state index >= 15 is 0 Å². The number of aliphatic hydroxyl groups excluding tert-OH is 1. The van der Waals surface area contributed by atoms with Gasteiger partial charge in [-0.15, -0.1) is 0 Å². The minimum Gasteiger partial charge on any atom is -0.466 e. The summed E-state index contributed by atoms with van der Waals surface area (Å²) in [7, 11) is 0. The number of ether oxygens (including phenoxy) is 1. The van der Waals surface area contributed by atoms with Crippen LogP contribution in [-0.4, -0.2) is 40.8 Å². The van der Waals surface area contributed by atoms with Crippen LogP contribution >= 0.6 is 0 Å². The van der Waals surface area contributed by atoms with Crippen LogP contribution in [0.5, 0.6) is 0 Å². The Labute approximate surface area is 129 Å². The van der Waals surface area contributed by atoms with Gasteiger partial charge in [-0.1, -0.05) is 5.57 Å². The van der Waals surface area contributed by atoms with Crippen LogP contribution in [0.1, 0.15) is 27.2 Å². The van der Waals surface area contributed by atoms with Gasteiger partial charge in [0.15, 0.2) is 5.78 Å². The largest absolute Gasteiger partial charge is 0.466 e. The van der Waals surface area contributed by atoms with E-state index in [1.165, 1.54) is 6.92 Å². The Kier molecular flexibility index (Phi) is 3.20. The third kappa shape index (κ3) is 1.79. The number of Topliss-reactive ketones (excluding diaryl/α,β-unsaturated/α-hetero) is 1. The van der Waals surface area contributed by atoms with Gasteiger partial charge in [-0.2, -0.15) is 0 Å². The van der Waals surface area contributed by atoms with E-state index in [2.05, 4.69) is 0 Å². The second-order valence-corrected chi connectivity index (χ2v) is 6.55. The van der Waals surface area contributed by atoms with E-state index in [9.17, 15) is 19.8 Å². The number of esters is 1. The first-order valence-electron chi connectivity index (χ1n) is 7.41. The highest BCUT2D eigenvalue weighted by Gasteiger charge is 2.70. The molecule has 1 spiro atoms. The van der Waals surface area contributed by atoms with Crippen LogP contribution in [0, 0.1) is 11.3 Å². The van der Waals surface area contributed by atoms with Crippen LogP contribution in [0.4, 0.5) is 0 Å². The van der Waals surface area contributed by atoms with Gasteiger partial charge in [-0.3, -0.25) is 9.59 Å². The molecule has 0 aromatic heterocycles. The Morgan fingerprint density at radius 2 is 2.14 bits per heavy atom. The van der Waals surface area contributed by atoms with Gasteiger partial charge < -0.3 is 14.9 Å². The number of carbonyl (C=O) groups is 2. The standard InChI is InChI=1S/C17H20O5/c1-9-13-4-11(7-18)5-14(13)15(20)16(3,21)17(9)6-12(17)8-22-10(2)19/h4-5,12,18,21H,6-8H2,1-3H3. The zero-order valence-corrected chi connectivity index (χ0v) is 13.0. The van der Waals surface area contributed by atoms with E-state index in [1.807, 2.05) is 6.92 Å². The fourth-order valence-electron chi connectivity index (χ4n) is 4.03. The molecule has 0 aromatic rings. The SMILES string of the molecule is CC(=O)OCC1CC12C(C)=C1C=C(CO)C=C1C(=O)C2(C)O. The summed E-state index contributed by atoms with van der Waals surface area (Å²) in [5, 5.41) is 20.2. The molecule has 5 heteroatoms. The lowest BCUT2D eigenvalue weighted by atomic mass is 9.67. The van der Waals surface area contributed by atoms with Crippen molar-refractivity contribution in [2.45, 2.75) is 32.8 Å². The van der Waals surface area contributed by atoms with E-state index < -0.39 is 11.0 Å². The zero-order chi connectivity index (χ0) is 16.3. The highest BCUT2D eigenvalue weighted by atomic mass is 16.5. The molecule has 3 unspecified atom stereocenters. The Morgan fingerprint density at radius 1 is 1.45 bits per heavy atom. The van der Waals surface area contributed by atoms with Gasteiger partial charge in [0, 0.05) is 23.8 Å². The van der Waals surface area contributed by atoms with Gasteiger partial charge in [0.25, 0.3) is 0 Å². The van der Waals surface area contributed by atoms with Crippen molar-refractivity contribution < 1.29 is 24.5 Å². The van der Waals surface area contributed by atoms with Crippen LogP contribution in [0.25, 0.3) is 0 Å². The molecule has 1 fully saturated rings. The maximum Gasteiger partial charge on any atom is 0.302 e. The molecule has 2 N–H and O–H groups in total. The summed E-state index contributed by atoms with van der Waals surface area (Å²) in [5.41, 5.74) is 0.678. The van der Waals surface area contributed by atoms with Gasteiger partial charge >= 0.3 is 5.97 Å². The molecule has 0 aromatic carbocycles. The minimum absolute atomic E-state index is 0.0593. The van der Waals surface area contributed by atoms with Crippen LogP contribution in [0.3, 0.4) is 0 Å². The average molecular weight is 304 g/mol. The van der Waals surface area contributed by atoms with Crippen molar-refractivity contribution >= 4 is 11.8 Å². The van der Waals surface area contributed by atoms with Gasteiger partial charge in [0.2, 0.25) is 0 Å². The van der Waals surface area contributed by atoms with Crippen molar-refractivity contribution in [1.82, 2.24) is 0 Å². The molecule has 0 radical (unpaired) electrons. The molecule has 22 heavy (non-hydrogen) atoms. The topological polar surface area (TPSA) is 83.8 Å². The maximum absolute atomic E-state index is 12.7. The normalized spacial score (nSPS) is 36.2. The van der Waals surface area contributed by atoms with Crippen molar-refractivity contribution in [3.05, 3.63) is 34.4 Å². The van der Waals surface area contributed by atoms with E-state index in [0.29, 0.717) is 17.6 Å². The molecular weight excluding hydrogens is 284 g/mol. The molecule has 3 rings (SSSR count). The fraction of sp³-hybridized carbons (Fsp3) is 0.529. The predicted octanol–water partition coefficient (Wildman–Crippen LogP) is 1.06. The van der Waals surface area contributed by atoms with Gasteiger partial charge in [0.05, 0.1) is 13.2 Å². The monoisotopic (exact) mass is 304 g/mol. The lowest BCUT2D eigenvalue weighted by Crippen LogP contribution is -2.50. The van der Waals surface area contributed by atoms with E-state index in [0.717, 1.165) is 11.1 Å². The number of rotatable bonds is 3. The summed E-state index contributed by atoms with van der Waals surface area (Å²) in [4.78, 5) is 23.7. The Bertz CT molecular complexity index is 665. The Balaban J connectivity index is 2.03. The molecule has 0 aliphatic heterocycles. The van der Waals surface area contributed by atoms with Crippen molar-refractivity contribution in [2.24, 2.45) is 11.3 Å². The van der Waals surface area contributed by atoms with Gasteiger partial charge in [0.1, 0.15) is 5.60 Å². The summed E-state index contributed by atoms with van der Waals surface area (Å²) >= 11 is 0. The van der Waals surface area contributed by atoms with Crippen LogP contribution < -0.4 is 0 Å². The second kappa shape index (κ2) is 4.64. The van der Waals surface area contributed by atoms with Crippen LogP contribution in [-0.2, 0) is 14.3 Å². The van der Waals surface area contributed by atoms with E-state index in [-0.39, 0.29) is 30.9 Å². The van der Waals surface area contributed by atoms with Gasteiger partial charge in [-0.05, 0) is 43.6 Å².